The van der Waals surface area contributed by atoms with E-state index in [0.717, 1.165) is 18.5 Å². The quantitative estimate of drug-likeness (QED) is 0.904. The molecule has 25 heavy (non-hydrogen) atoms. The maximum Gasteiger partial charge on any atom is 0.311 e. The van der Waals surface area contributed by atoms with Gasteiger partial charge in [0.25, 0.3) is 0 Å². The molecule has 0 bridgehead atoms. The highest BCUT2D eigenvalue weighted by molar-refractivity contribution is 5.80. The van der Waals surface area contributed by atoms with Gasteiger partial charge in [-0.1, -0.05) is 12.1 Å². The minimum Gasteiger partial charge on any atom is -0.481 e. The zero-order valence-corrected chi connectivity index (χ0v) is 14.4. The molecule has 1 N–H and O–H groups in total. The third kappa shape index (κ3) is 3.38. The van der Waals surface area contributed by atoms with Crippen LogP contribution < -0.4 is 0 Å². The highest BCUT2D eigenvalue weighted by atomic mass is 16.4. The number of amides is 1. The number of nitriles is 1. The molecule has 1 aromatic carbocycles. The average molecular weight is 341 g/mol. The van der Waals surface area contributed by atoms with E-state index < -0.39 is 11.4 Å². The first-order valence-electron chi connectivity index (χ1n) is 8.65. The lowest BCUT2D eigenvalue weighted by Gasteiger charge is -2.29. The molecule has 6 nitrogen and oxygen atoms in total. The Balaban J connectivity index is 1.79. The zero-order chi connectivity index (χ0) is 18.0. The van der Waals surface area contributed by atoms with Crippen LogP contribution in [0, 0.1) is 22.7 Å². The Labute approximate surface area is 147 Å². The molecule has 2 saturated heterocycles. The molecule has 2 aliphatic heterocycles. The Morgan fingerprint density at radius 3 is 2.88 bits per heavy atom. The Morgan fingerprint density at radius 1 is 1.40 bits per heavy atom. The SMILES string of the molecule is CC(=O)N1C[C@@H]2CN(Cc3cccc(C#N)c3)CCC[C@]2(C(=O)O)C1. The van der Waals surface area contributed by atoms with Crippen LogP contribution in [-0.4, -0.2) is 53.0 Å². The number of carbonyl (C=O) groups is 2. The fourth-order valence-corrected chi connectivity index (χ4v) is 4.24. The Morgan fingerprint density at radius 2 is 2.20 bits per heavy atom. The van der Waals surface area contributed by atoms with Crippen molar-refractivity contribution in [1.82, 2.24) is 9.80 Å². The number of carboxylic acids is 1. The predicted octanol–water partition coefficient (Wildman–Crippen LogP) is 1.70. The summed E-state index contributed by atoms with van der Waals surface area (Å²) in [6, 6.07) is 9.68. The van der Waals surface area contributed by atoms with Crippen molar-refractivity contribution in [2.75, 3.05) is 26.2 Å². The Kier molecular flexibility index (Phi) is 4.78. The maximum absolute atomic E-state index is 12.0. The van der Waals surface area contributed by atoms with Crippen molar-refractivity contribution in [3.8, 4) is 6.07 Å². The maximum atomic E-state index is 12.0. The van der Waals surface area contributed by atoms with Gasteiger partial charge in [0, 0.05) is 39.0 Å². The molecule has 0 spiro atoms. The van der Waals surface area contributed by atoms with Gasteiger partial charge in [0.1, 0.15) is 0 Å². The summed E-state index contributed by atoms with van der Waals surface area (Å²) in [4.78, 5) is 27.7. The van der Waals surface area contributed by atoms with Gasteiger partial charge in [-0.05, 0) is 37.1 Å². The number of hydrogen-bond acceptors (Lipinski definition) is 4. The summed E-state index contributed by atoms with van der Waals surface area (Å²) >= 11 is 0. The first-order chi connectivity index (χ1) is 11.9. The van der Waals surface area contributed by atoms with Crippen LogP contribution in [0.25, 0.3) is 0 Å². The number of carbonyl (C=O) groups excluding carboxylic acids is 1. The van der Waals surface area contributed by atoms with Crippen molar-refractivity contribution < 1.29 is 14.7 Å². The monoisotopic (exact) mass is 341 g/mol. The van der Waals surface area contributed by atoms with Gasteiger partial charge in [0.15, 0.2) is 0 Å². The summed E-state index contributed by atoms with van der Waals surface area (Å²) in [5.74, 6) is -0.896. The van der Waals surface area contributed by atoms with E-state index in [1.807, 2.05) is 18.2 Å². The number of likely N-dealkylation sites (tertiary alicyclic amines) is 2. The molecule has 2 aliphatic rings. The zero-order valence-electron chi connectivity index (χ0n) is 14.4. The molecule has 0 aromatic heterocycles. The normalized spacial score (nSPS) is 26.6. The standard InChI is InChI=1S/C19H23N3O3/c1-14(23)22-12-17-11-21(7-3-6-19(17,13-22)18(24)25)10-16-5-2-4-15(8-16)9-20/h2,4-5,8,17H,3,6-7,10-13H2,1H3,(H,24,25)/t17-,19-/m0/s1. The van der Waals surface area contributed by atoms with Crippen molar-refractivity contribution in [3.63, 3.8) is 0 Å². The van der Waals surface area contributed by atoms with Gasteiger partial charge in [-0.3, -0.25) is 14.5 Å². The first-order valence-corrected chi connectivity index (χ1v) is 8.65. The number of carboxylic acid groups (broad SMARTS) is 1. The minimum absolute atomic E-state index is 0.0537. The topological polar surface area (TPSA) is 84.6 Å². The van der Waals surface area contributed by atoms with E-state index in [9.17, 15) is 14.7 Å². The molecule has 0 radical (unpaired) electrons. The lowest BCUT2D eigenvalue weighted by Crippen LogP contribution is -2.41. The molecule has 3 rings (SSSR count). The lowest BCUT2D eigenvalue weighted by molar-refractivity contribution is -0.151. The van der Waals surface area contributed by atoms with Gasteiger partial charge in [-0.15, -0.1) is 0 Å². The first kappa shape index (κ1) is 17.4. The molecular formula is C19H23N3O3. The van der Waals surface area contributed by atoms with E-state index in [1.165, 1.54) is 6.92 Å². The van der Waals surface area contributed by atoms with Crippen LogP contribution in [0.1, 0.15) is 30.9 Å². The molecule has 2 heterocycles. The van der Waals surface area contributed by atoms with E-state index >= 15 is 0 Å². The molecule has 0 unspecified atom stereocenters. The molecule has 0 saturated carbocycles. The number of benzene rings is 1. The third-order valence-electron chi connectivity index (χ3n) is 5.60. The highest BCUT2D eigenvalue weighted by Gasteiger charge is 2.53. The second kappa shape index (κ2) is 6.85. The van der Waals surface area contributed by atoms with Crippen molar-refractivity contribution in [1.29, 1.82) is 5.26 Å². The predicted molar refractivity (Wildman–Crippen MR) is 91.5 cm³/mol. The van der Waals surface area contributed by atoms with Crippen LogP contribution in [0.2, 0.25) is 0 Å². The third-order valence-corrected chi connectivity index (χ3v) is 5.60. The van der Waals surface area contributed by atoms with Crippen molar-refractivity contribution in [2.45, 2.75) is 26.3 Å². The number of rotatable bonds is 3. The van der Waals surface area contributed by atoms with Gasteiger partial charge >= 0.3 is 5.97 Å². The van der Waals surface area contributed by atoms with Crippen LogP contribution in [-0.2, 0) is 16.1 Å². The smallest absolute Gasteiger partial charge is 0.311 e. The van der Waals surface area contributed by atoms with Crippen LogP contribution >= 0.6 is 0 Å². The number of fused-ring (bicyclic) bond motifs is 1. The van der Waals surface area contributed by atoms with Crippen LogP contribution in [0.5, 0.6) is 0 Å². The fourth-order valence-electron chi connectivity index (χ4n) is 4.24. The highest BCUT2D eigenvalue weighted by Crippen LogP contribution is 2.43. The van der Waals surface area contributed by atoms with Gasteiger partial charge < -0.3 is 10.0 Å². The number of hydrogen-bond donors (Lipinski definition) is 1. The minimum atomic E-state index is -0.824. The summed E-state index contributed by atoms with van der Waals surface area (Å²) in [6.45, 7) is 4.53. The van der Waals surface area contributed by atoms with E-state index in [0.29, 0.717) is 38.2 Å². The van der Waals surface area contributed by atoms with Crippen molar-refractivity contribution >= 4 is 11.9 Å². The van der Waals surface area contributed by atoms with Crippen LogP contribution in [0.3, 0.4) is 0 Å². The molecule has 2 fully saturated rings. The van der Waals surface area contributed by atoms with Crippen LogP contribution in [0.15, 0.2) is 24.3 Å². The molecule has 6 heteroatoms. The van der Waals surface area contributed by atoms with E-state index in [-0.39, 0.29) is 11.8 Å². The van der Waals surface area contributed by atoms with Gasteiger partial charge in [0.2, 0.25) is 5.91 Å². The summed E-state index contributed by atoms with van der Waals surface area (Å²) in [6.07, 6.45) is 1.40. The second-order valence-electron chi connectivity index (χ2n) is 7.21. The lowest BCUT2D eigenvalue weighted by atomic mass is 9.75. The Bertz CT molecular complexity index is 727. The second-order valence-corrected chi connectivity index (χ2v) is 7.21. The number of aliphatic carboxylic acids is 1. The van der Waals surface area contributed by atoms with Gasteiger partial charge in [0.05, 0.1) is 17.0 Å². The summed E-state index contributed by atoms with van der Waals surface area (Å²) in [7, 11) is 0. The Hall–Kier alpha value is -2.39. The largest absolute Gasteiger partial charge is 0.481 e. The fraction of sp³-hybridized carbons (Fsp3) is 0.526. The average Bonchev–Trinajstić information content (AvgIpc) is 2.86. The molecule has 1 amide bonds. The van der Waals surface area contributed by atoms with Crippen molar-refractivity contribution in [3.05, 3.63) is 35.4 Å². The number of nitrogens with zero attached hydrogens (tertiary/aromatic N) is 3. The molecule has 1 aromatic rings. The van der Waals surface area contributed by atoms with Gasteiger partial charge in [-0.2, -0.15) is 5.26 Å². The van der Waals surface area contributed by atoms with E-state index in [4.69, 9.17) is 5.26 Å². The van der Waals surface area contributed by atoms with Gasteiger partial charge in [-0.25, -0.2) is 0 Å². The molecular weight excluding hydrogens is 318 g/mol. The van der Waals surface area contributed by atoms with Crippen LogP contribution in [0.4, 0.5) is 0 Å². The van der Waals surface area contributed by atoms with E-state index in [2.05, 4.69) is 11.0 Å². The molecule has 2 atom stereocenters. The molecule has 132 valence electrons. The summed E-state index contributed by atoms with van der Waals surface area (Å²) < 4.78 is 0. The summed E-state index contributed by atoms with van der Waals surface area (Å²) in [5, 5.41) is 18.9. The molecule has 0 aliphatic carbocycles. The van der Waals surface area contributed by atoms with E-state index in [1.54, 1.807) is 11.0 Å². The summed E-state index contributed by atoms with van der Waals surface area (Å²) in [5.41, 5.74) is 0.869. The van der Waals surface area contributed by atoms with Crippen molar-refractivity contribution in [2.24, 2.45) is 11.3 Å².